The Kier molecular flexibility index (Phi) is 16.0. The van der Waals surface area contributed by atoms with Gasteiger partial charge in [0.25, 0.3) is 0 Å². The van der Waals surface area contributed by atoms with Crippen LogP contribution in [-0.2, 0) is 33.5 Å². The highest BCUT2D eigenvalue weighted by Gasteiger charge is 2.32. The van der Waals surface area contributed by atoms with Crippen molar-refractivity contribution >= 4 is 41.5 Å². The van der Waals surface area contributed by atoms with Crippen molar-refractivity contribution in [3.8, 4) is 0 Å². The molecule has 0 bridgehead atoms. The highest BCUT2D eigenvalue weighted by Crippen LogP contribution is 2.12. The van der Waals surface area contributed by atoms with Crippen molar-refractivity contribution < 1.29 is 38.6 Å². The Morgan fingerprint density at radius 3 is 1.98 bits per heavy atom. The minimum atomic E-state index is -1.28. The second-order valence-corrected chi connectivity index (χ2v) is 10.9. The molecular weight excluding hydrogens is 538 g/mol. The molecular formula is C26H47N7O8. The van der Waals surface area contributed by atoms with Gasteiger partial charge in [-0.2, -0.15) is 0 Å². The number of nitrogens with two attached hydrogens (primary N) is 1. The van der Waals surface area contributed by atoms with Gasteiger partial charge in [0.2, 0.25) is 23.6 Å². The number of carbonyl (C=O) groups is 6. The second-order valence-electron chi connectivity index (χ2n) is 10.9. The molecule has 234 valence electrons. The lowest BCUT2D eigenvalue weighted by atomic mass is 9.97. The highest BCUT2D eigenvalue weighted by molar-refractivity contribution is 5.95. The van der Waals surface area contributed by atoms with Gasteiger partial charge < -0.3 is 42.2 Å². The van der Waals surface area contributed by atoms with Crippen LogP contribution in [0.1, 0.15) is 80.6 Å². The standard InChI is InChI=1S/C26H47N7O8/c1-8-14(2)20(31-16(4)34)23(38)32-17(11-12-19(35)41-26(5,6)7)22(37)30-15(3)21(36)33-18(24(39)40)10-9-13-29-25(27)28/h14-15,17-18,20H,8-13H2,1-7H3,(H,30,37)(H,31,34)(H,32,38)(H,33,36)(H,39,40)(H4,27,28,29)/t14-,15-,17-,18-,20-/m0/s1. The SMILES string of the molecule is CC[C@H](C)[C@H](NC(C)=O)C(=O)N[C@@H](CCC(=O)OC(C)(C)C)C(=O)N[C@@H](C)C(=O)N[C@@H](CCCNC(=N)N)C(=O)O. The minimum Gasteiger partial charge on any atom is -0.480 e. The average Bonchev–Trinajstić information content (AvgIpc) is 2.84. The predicted molar refractivity (Wildman–Crippen MR) is 150 cm³/mol. The van der Waals surface area contributed by atoms with Gasteiger partial charge in [-0.05, 0) is 52.9 Å². The van der Waals surface area contributed by atoms with Crippen molar-refractivity contribution in [1.29, 1.82) is 5.41 Å². The Labute approximate surface area is 241 Å². The third-order valence-corrected chi connectivity index (χ3v) is 5.90. The summed E-state index contributed by atoms with van der Waals surface area (Å²) < 4.78 is 5.28. The van der Waals surface area contributed by atoms with Gasteiger partial charge in [-0.25, -0.2) is 4.79 Å². The van der Waals surface area contributed by atoms with Crippen molar-refractivity contribution in [1.82, 2.24) is 26.6 Å². The third kappa shape index (κ3) is 16.1. The van der Waals surface area contributed by atoms with Gasteiger partial charge in [0.05, 0.1) is 0 Å². The summed E-state index contributed by atoms with van der Waals surface area (Å²) >= 11 is 0. The molecule has 0 heterocycles. The van der Waals surface area contributed by atoms with Gasteiger partial charge in [0.1, 0.15) is 29.8 Å². The van der Waals surface area contributed by atoms with Gasteiger partial charge in [-0.1, -0.05) is 20.3 Å². The number of esters is 1. The fraction of sp³-hybridized carbons (Fsp3) is 0.731. The smallest absolute Gasteiger partial charge is 0.326 e. The lowest BCUT2D eigenvalue weighted by molar-refractivity contribution is -0.155. The summed E-state index contributed by atoms with van der Waals surface area (Å²) in [5.41, 5.74) is 4.43. The number of hydrogen-bond acceptors (Lipinski definition) is 8. The highest BCUT2D eigenvalue weighted by atomic mass is 16.6. The largest absolute Gasteiger partial charge is 0.480 e. The van der Waals surface area contributed by atoms with E-state index >= 15 is 0 Å². The first kappa shape index (κ1) is 37.1. The first-order chi connectivity index (χ1) is 18.9. The Bertz CT molecular complexity index is 951. The van der Waals surface area contributed by atoms with E-state index in [-0.39, 0.29) is 37.7 Å². The molecule has 41 heavy (non-hydrogen) atoms. The fourth-order valence-electron chi connectivity index (χ4n) is 3.57. The first-order valence-corrected chi connectivity index (χ1v) is 13.6. The number of carboxylic acids is 1. The molecule has 0 spiro atoms. The Morgan fingerprint density at radius 2 is 1.49 bits per heavy atom. The first-order valence-electron chi connectivity index (χ1n) is 13.6. The van der Waals surface area contributed by atoms with Gasteiger partial charge in [0.15, 0.2) is 5.96 Å². The summed E-state index contributed by atoms with van der Waals surface area (Å²) in [7, 11) is 0. The molecule has 0 aromatic carbocycles. The number of carboxylic acid groups (broad SMARTS) is 1. The molecule has 15 heteroatoms. The average molecular weight is 586 g/mol. The van der Waals surface area contributed by atoms with E-state index in [2.05, 4.69) is 26.6 Å². The summed E-state index contributed by atoms with van der Waals surface area (Å²) in [6, 6.07) is -4.66. The number of rotatable bonds is 17. The quantitative estimate of drug-likeness (QED) is 0.0470. The van der Waals surface area contributed by atoms with Crippen LogP contribution in [0, 0.1) is 11.3 Å². The third-order valence-electron chi connectivity index (χ3n) is 5.90. The van der Waals surface area contributed by atoms with E-state index in [1.165, 1.54) is 13.8 Å². The van der Waals surface area contributed by atoms with E-state index in [0.29, 0.717) is 12.8 Å². The Hall–Kier alpha value is -3.91. The van der Waals surface area contributed by atoms with E-state index in [1.807, 2.05) is 6.92 Å². The summed E-state index contributed by atoms with van der Waals surface area (Å²) in [6.07, 6.45) is 0.507. The van der Waals surface area contributed by atoms with Crippen LogP contribution >= 0.6 is 0 Å². The number of amides is 4. The molecule has 0 saturated heterocycles. The van der Waals surface area contributed by atoms with Gasteiger partial charge in [0, 0.05) is 19.9 Å². The number of guanidine groups is 1. The molecule has 5 atom stereocenters. The molecule has 0 aliphatic carbocycles. The van der Waals surface area contributed by atoms with Crippen LogP contribution in [0.2, 0.25) is 0 Å². The van der Waals surface area contributed by atoms with Crippen LogP contribution in [-0.4, -0.2) is 82.9 Å². The lowest BCUT2D eigenvalue weighted by Gasteiger charge is -2.27. The summed E-state index contributed by atoms with van der Waals surface area (Å²) in [6.45, 7) is 11.5. The van der Waals surface area contributed by atoms with E-state index in [1.54, 1.807) is 27.7 Å². The summed E-state index contributed by atoms with van der Waals surface area (Å²) in [5, 5.41) is 29.1. The molecule has 0 fully saturated rings. The van der Waals surface area contributed by atoms with Crippen molar-refractivity contribution in [3.05, 3.63) is 0 Å². The van der Waals surface area contributed by atoms with Gasteiger partial charge in [-0.3, -0.25) is 29.4 Å². The lowest BCUT2D eigenvalue weighted by Crippen LogP contribution is -2.58. The van der Waals surface area contributed by atoms with Gasteiger partial charge >= 0.3 is 11.9 Å². The molecule has 0 unspecified atom stereocenters. The predicted octanol–water partition coefficient (Wildman–Crippen LogP) is -0.519. The minimum absolute atomic E-state index is 0.0384. The van der Waals surface area contributed by atoms with Crippen molar-refractivity contribution in [2.24, 2.45) is 11.7 Å². The van der Waals surface area contributed by atoms with Crippen molar-refractivity contribution in [2.45, 2.75) is 110 Å². The Morgan fingerprint density at radius 1 is 0.902 bits per heavy atom. The maximum atomic E-state index is 13.2. The summed E-state index contributed by atoms with van der Waals surface area (Å²) in [4.78, 5) is 74.5. The van der Waals surface area contributed by atoms with Crippen molar-refractivity contribution in [3.63, 3.8) is 0 Å². The zero-order valence-electron chi connectivity index (χ0n) is 25.0. The van der Waals surface area contributed by atoms with E-state index < -0.39 is 65.3 Å². The molecule has 0 radical (unpaired) electrons. The van der Waals surface area contributed by atoms with Crippen LogP contribution in [0.5, 0.6) is 0 Å². The van der Waals surface area contributed by atoms with Crippen molar-refractivity contribution in [2.75, 3.05) is 6.54 Å². The maximum absolute atomic E-state index is 13.2. The zero-order chi connectivity index (χ0) is 31.9. The maximum Gasteiger partial charge on any atom is 0.326 e. The van der Waals surface area contributed by atoms with E-state index in [4.69, 9.17) is 15.9 Å². The monoisotopic (exact) mass is 585 g/mol. The van der Waals surface area contributed by atoms with Gasteiger partial charge in [-0.15, -0.1) is 0 Å². The molecule has 0 aliphatic rings. The molecule has 0 saturated carbocycles. The number of nitrogens with one attached hydrogen (secondary N) is 6. The van der Waals surface area contributed by atoms with Crippen LogP contribution in [0.15, 0.2) is 0 Å². The normalized spacial score (nSPS) is 14.7. The Balaban J connectivity index is 5.59. The van der Waals surface area contributed by atoms with E-state index in [0.717, 1.165) is 0 Å². The topological polar surface area (TPSA) is 242 Å². The fourth-order valence-corrected chi connectivity index (χ4v) is 3.57. The number of ether oxygens (including phenoxy) is 1. The van der Waals surface area contributed by atoms with E-state index in [9.17, 15) is 33.9 Å². The molecule has 9 N–H and O–H groups in total. The molecule has 15 nitrogen and oxygen atoms in total. The molecule has 0 rings (SSSR count). The molecule has 0 aromatic heterocycles. The van der Waals surface area contributed by atoms with Crippen LogP contribution < -0.4 is 32.3 Å². The zero-order valence-corrected chi connectivity index (χ0v) is 25.0. The number of carbonyl (C=O) groups excluding carboxylic acids is 5. The summed E-state index contributed by atoms with van der Waals surface area (Å²) in [5.74, 6) is -5.05. The van der Waals surface area contributed by atoms with Crippen LogP contribution in [0.25, 0.3) is 0 Å². The molecule has 0 aliphatic heterocycles. The number of hydrogen-bond donors (Lipinski definition) is 8. The van der Waals surface area contributed by atoms with Crippen LogP contribution in [0.4, 0.5) is 0 Å². The molecule has 4 amide bonds. The second kappa shape index (κ2) is 17.7. The number of aliphatic carboxylic acids is 1. The molecule has 0 aromatic rings. The van der Waals surface area contributed by atoms with Crippen LogP contribution in [0.3, 0.4) is 0 Å².